The van der Waals surface area contributed by atoms with Crippen LogP contribution in [-0.2, 0) is 0 Å². The summed E-state index contributed by atoms with van der Waals surface area (Å²) in [4.78, 5) is 0. The molecule has 126 valence electrons. The van der Waals surface area contributed by atoms with E-state index in [-0.39, 0.29) is 0 Å². The SMILES string of the molecule is N#Cc1ccc(-n2c3ccccc3c3cc(-c4ccccc4)ccc32)cc1. The summed E-state index contributed by atoms with van der Waals surface area (Å²) in [6.07, 6.45) is 0. The molecule has 1 aromatic heterocycles. The first-order chi connectivity index (χ1) is 13.3. The van der Waals surface area contributed by atoms with Crippen molar-refractivity contribution < 1.29 is 0 Å². The van der Waals surface area contributed by atoms with E-state index in [9.17, 15) is 0 Å². The zero-order valence-electron chi connectivity index (χ0n) is 14.6. The first kappa shape index (κ1) is 15.4. The summed E-state index contributed by atoms with van der Waals surface area (Å²) in [5.74, 6) is 0. The van der Waals surface area contributed by atoms with Crippen LogP contribution in [0.5, 0.6) is 0 Å². The highest BCUT2D eigenvalue weighted by Crippen LogP contribution is 2.34. The van der Waals surface area contributed by atoms with Gasteiger partial charge >= 0.3 is 0 Å². The quantitative estimate of drug-likeness (QED) is 0.368. The van der Waals surface area contributed by atoms with Crippen LogP contribution in [0.25, 0.3) is 38.6 Å². The minimum atomic E-state index is 0.672. The van der Waals surface area contributed by atoms with Crippen LogP contribution in [-0.4, -0.2) is 4.57 Å². The van der Waals surface area contributed by atoms with E-state index in [0.717, 1.165) is 5.69 Å². The minimum Gasteiger partial charge on any atom is -0.309 e. The van der Waals surface area contributed by atoms with Gasteiger partial charge in [0.2, 0.25) is 0 Å². The van der Waals surface area contributed by atoms with Crippen molar-refractivity contribution in [3.8, 4) is 22.9 Å². The third-order valence-corrected chi connectivity index (χ3v) is 5.03. The first-order valence-electron chi connectivity index (χ1n) is 8.94. The molecule has 0 saturated carbocycles. The van der Waals surface area contributed by atoms with Gasteiger partial charge in [0.05, 0.1) is 22.7 Å². The van der Waals surface area contributed by atoms with Crippen LogP contribution in [0.4, 0.5) is 0 Å². The highest BCUT2D eigenvalue weighted by Gasteiger charge is 2.12. The highest BCUT2D eigenvalue weighted by atomic mass is 15.0. The lowest BCUT2D eigenvalue weighted by Crippen LogP contribution is -1.93. The number of nitriles is 1. The van der Waals surface area contributed by atoms with Gasteiger partial charge in [-0.15, -0.1) is 0 Å². The molecular weight excluding hydrogens is 328 g/mol. The van der Waals surface area contributed by atoms with Gasteiger partial charge < -0.3 is 4.57 Å². The van der Waals surface area contributed by atoms with E-state index in [1.54, 1.807) is 0 Å². The van der Waals surface area contributed by atoms with E-state index in [1.165, 1.54) is 32.9 Å². The number of fused-ring (bicyclic) bond motifs is 3. The Hall–Kier alpha value is -3.83. The fourth-order valence-electron chi connectivity index (χ4n) is 3.75. The van der Waals surface area contributed by atoms with E-state index < -0.39 is 0 Å². The lowest BCUT2D eigenvalue weighted by Gasteiger charge is -2.08. The number of hydrogen-bond donors (Lipinski definition) is 0. The first-order valence-corrected chi connectivity index (χ1v) is 8.94. The van der Waals surface area contributed by atoms with Crippen molar-refractivity contribution in [1.82, 2.24) is 4.57 Å². The Labute approximate surface area is 157 Å². The Morgan fingerprint density at radius 1 is 0.593 bits per heavy atom. The van der Waals surface area contributed by atoms with Gasteiger partial charge in [0.15, 0.2) is 0 Å². The molecule has 0 saturated heterocycles. The van der Waals surface area contributed by atoms with E-state index in [2.05, 4.69) is 77.4 Å². The summed E-state index contributed by atoms with van der Waals surface area (Å²) in [6.45, 7) is 0. The van der Waals surface area contributed by atoms with Gasteiger partial charge in [-0.2, -0.15) is 5.26 Å². The highest BCUT2D eigenvalue weighted by molar-refractivity contribution is 6.10. The van der Waals surface area contributed by atoms with Crippen molar-refractivity contribution in [2.24, 2.45) is 0 Å². The summed E-state index contributed by atoms with van der Waals surface area (Å²) < 4.78 is 2.26. The molecule has 0 aliphatic rings. The van der Waals surface area contributed by atoms with Crippen LogP contribution < -0.4 is 0 Å². The number of aromatic nitrogens is 1. The number of benzene rings is 4. The van der Waals surface area contributed by atoms with Gasteiger partial charge in [-0.05, 0) is 53.6 Å². The number of rotatable bonds is 2. The molecule has 0 amide bonds. The van der Waals surface area contributed by atoms with Crippen LogP contribution >= 0.6 is 0 Å². The zero-order valence-corrected chi connectivity index (χ0v) is 14.6. The standard InChI is InChI=1S/C25H16N2/c26-17-18-10-13-21(14-11-18)27-24-9-5-4-8-22(24)23-16-20(12-15-25(23)27)19-6-2-1-3-7-19/h1-16H. The predicted octanol–water partition coefficient (Wildman–Crippen LogP) is 6.32. The third-order valence-electron chi connectivity index (χ3n) is 5.03. The molecule has 0 aliphatic heterocycles. The van der Waals surface area contributed by atoms with E-state index in [1.807, 2.05) is 30.3 Å². The Morgan fingerprint density at radius 3 is 2.07 bits per heavy atom. The van der Waals surface area contributed by atoms with E-state index >= 15 is 0 Å². The normalized spacial score (nSPS) is 10.9. The number of para-hydroxylation sites is 1. The Kier molecular flexibility index (Phi) is 3.52. The van der Waals surface area contributed by atoms with Crippen molar-refractivity contribution in [3.63, 3.8) is 0 Å². The fourth-order valence-corrected chi connectivity index (χ4v) is 3.75. The van der Waals surface area contributed by atoms with E-state index in [4.69, 9.17) is 5.26 Å². The molecular formula is C25H16N2. The van der Waals surface area contributed by atoms with Gasteiger partial charge in [-0.3, -0.25) is 0 Å². The Bertz CT molecular complexity index is 1300. The second-order valence-electron chi connectivity index (χ2n) is 6.61. The summed E-state index contributed by atoms with van der Waals surface area (Å²) in [5.41, 5.74) is 6.50. The summed E-state index contributed by atoms with van der Waals surface area (Å²) >= 11 is 0. The van der Waals surface area contributed by atoms with Gasteiger partial charge in [0.25, 0.3) is 0 Å². The average molecular weight is 344 g/mol. The molecule has 0 unspecified atom stereocenters. The molecule has 5 rings (SSSR count). The van der Waals surface area contributed by atoms with Crippen LogP contribution in [0.3, 0.4) is 0 Å². The van der Waals surface area contributed by atoms with Crippen molar-refractivity contribution >= 4 is 21.8 Å². The van der Waals surface area contributed by atoms with Gasteiger partial charge in [-0.25, -0.2) is 0 Å². The lowest BCUT2D eigenvalue weighted by molar-refractivity contribution is 1.18. The summed E-state index contributed by atoms with van der Waals surface area (Å²) in [6, 6.07) is 35.5. The van der Waals surface area contributed by atoms with Crippen LogP contribution in [0.1, 0.15) is 5.56 Å². The molecule has 2 nitrogen and oxygen atoms in total. The van der Waals surface area contributed by atoms with Crippen LogP contribution in [0.15, 0.2) is 97.1 Å². The maximum absolute atomic E-state index is 9.08. The minimum absolute atomic E-state index is 0.672. The maximum atomic E-state index is 9.08. The molecule has 2 heteroatoms. The molecule has 0 radical (unpaired) electrons. The molecule has 0 N–H and O–H groups in total. The molecule has 0 atom stereocenters. The second-order valence-corrected chi connectivity index (χ2v) is 6.61. The number of nitrogens with zero attached hydrogens (tertiary/aromatic N) is 2. The molecule has 4 aromatic carbocycles. The largest absolute Gasteiger partial charge is 0.309 e. The average Bonchev–Trinajstić information content (AvgIpc) is 3.08. The fraction of sp³-hybridized carbons (Fsp3) is 0. The van der Waals surface area contributed by atoms with Crippen molar-refractivity contribution in [2.45, 2.75) is 0 Å². The summed E-state index contributed by atoms with van der Waals surface area (Å²) in [5, 5.41) is 11.5. The monoisotopic (exact) mass is 344 g/mol. The van der Waals surface area contributed by atoms with E-state index in [0.29, 0.717) is 5.56 Å². The van der Waals surface area contributed by atoms with Crippen molar-refractivity contribution in [3.05, 3.63) is 103 Å². The molecule has 0 fully saturated rings. The van der Waals surface area contributed by atoms with Crippen LogP contribution in [0, 0.1) is 11.3 Å². The van der Waals surface area contributed by atoms with Crippen LogP contribution in [0.2, 0.25) is 0 Å². The van der Waals surface area contributed by atoms with Gasteiger partial charge in [0, 0.05) is 16.5 Å². The summed E-state index contributed by atoms with van der Waals surface area (Å²) in [7, 11) is 0. The van der Waals surface area contributed by atoms with Crippen molar-refractivity contribution in [1.29, 1.82) is 5.26 Å². The topological polar surface area (TPSA) is 28.7 Å². The Morgan fingerprint density at radius 2 is 1.30 bits per heavy atom. The molecule has 0 aliphatic carbocycles. The third kappa shape index (κ3) is 2.49. The second kappa shape index (κ2) is 6.16. The molecule has 0 bridgehead atoms. The molecule has 27 heavy (non-hydrogen) atoms. The number of hydrogen-bond acceptors (Lipinski definition) is 1. The zero-order chi connectivity index (χ0) is 18.2. The maximum Gasteiger partial charge on any atom is 0.0991 e. The predicted molar refractivity (Wildman–Crippen MR) is 111 cm³/mol. The van der Waals surface area contributed by atoms with Gasteiger partial charge in [-0.1, -0.05) is 54.6 Å². The Balaban J connectivity index is 1.81. The smallest absolute Gasteiger partial charge is 0.0991 e. The molecule has 0 spiro atoms. The molecule has 5 aromatic rings. The van der Waals surface area contributed by atoms with Crippen molar-refractivity contribution in [2.75, 3.05) is 0 Å². The lowest BCUT2D eigenvalue weighted by atomic mass is 10.0. The van der Waals surface area contributed by atoms with Gasteiger partial charge in [0.1, 0.15) is 0 Å². The molecule has 1 heterocycles.